The lowest BCUT2D eigenvalue weighted by Gasteiger charge is -2.44. The van der Waals surface area contributed by atoms with Crippen molar-refractivity contribution in [1.29, 1.82) is 0 Å². The molecule has 2 aromatic carbocycles. The number of alkyl halides is 3. The van der Waals surface area contributed by atoms with Gasteiger partial charge < -0.3 is 19.7 Å². The minimum Gasteiger partial charge on any atom is -0.497 e. The molecule has 8 nitrogen and oxygen atoms in total. The summed E-state index contributed by atoms with van der Waals surface area (Å²) in [6.45, 7) is 0.571. The molecule has 2 N–H and O–H groups in total. The van der Waals surface area contributed by atoms with Crippen molar-refractivity contribution in [3.8, 4) is 5.75 Å². The molecule has 2 aliphatic heterocycles. The quantitative estimate of drug-likeness (QED) is 0.625. The molecular formula is C24H22F3N3O5. The first-order valence-corrected chi connectivity index (χ1v) is 10.7. The van der Waals surface area contributed by atoms with Crippen molar-refractivity contribution in [3.05, 3.63) is 65.7 Å². The maximum absolute atomic E-state index is 12.6. The van der Waals surface area contributed by atoms with Gasteiger partial charge in [-0.25, -0.2) is 4.79 Å². The van der Waals surface area contributed by atoms with E-state index in [2.05, 4.69) is 10.6 Å². The minimum atomic E-state index is -4.47. The zero-order valence-corrected chi connectivity index (χ0v) is 18.6. The van der Waals surface area contributed by atoms with E-state index in [0.29, 0.717) is 24.3 Å². The van der Waals surface area contributed by atoms with Crippen molar-refractivity contribution in [2.24, 2.45) is 0 Å². The molecule has 1 fully saturated rings. The minimum absolute atomic E-state index is 0.168. The first-order chi connectivity index (χ1) is 16.6. The molecule has 0 saturated carbocycles. The Morgan fingerprint density at radius 2 is 1.80 bits per heavy atom. The number of benzene rings is 2. The van der Waals surface area contributed by atoms with Gasteiger partial charge in [-0.2, -0.15) is 13.2 Å². The maximum Gasteiger partial charge on any atom is 0.416 e. The molecule has 184 valence electrons. The van der Waals surface area contributed by atoms with Crippen LogP contribution in [0, 0.1) is 0 Å². The smallest absolute Gasteiger partial charge is 0.416 e. The van der Waals surface area contributed by atoms with Crippen LogP contribution in [-0.2, 0) is 26.1 Å². The fourth-order valence-electron chi connectivity index (χ4n) is 4.14. The van der Waals surface area contributed by atoms with Crippen molar-refractivity contribution >= 4 is 29.3 Å². The number of nitrogens with one attached hydrogen (secondary N) is 2. The number of methoxy groups -OCH3 is 1. The summed E-state index contributed by atoms with van der Waals surface area (Å²) in [6.07, 6.45) is -2.20. The van der Waals surface area contributed by atoms with Crippen LogP contribution in [0.25, 0.3) is 0 Å². The lowest BCUT2D eigenvalue weighted by molar-refractivity contribution is -0.137. The molecule has 0 aliphatic carbocycles. The van der Waals surface area contributed by atoms with Gasteiger partial charge in [0, 0.05) is 49.3 Å². The van der Waals surface area contributed by atoms with E-state index in [9.17, 15) is 27.6 Å². The Labute approximate surface area is 198 Å². The number of fused-ring (bicyclic) bond motifs is 2. The van der Waals surface area contributed by atoms with Crippen LogP contribution in [0.1, 0.15) is 24.0 Å². The van der Waals surface area contributed by atoms with Crippen LogP contribution in [0.4, 0.5) is 29.3 Å². The van der Waals surface area contributed by atoms with Gasteiger partial charge in [-0.1, -0.05) is 0 Å². The third kappa shape index (κ3) is 5.23. The number of hydrogen-bond acceptors (Lipinski definition) is 5. The van der Waals surface area contributed by atoms with Gasteiger partial charge in [0.05, 0.1) is 18.4 Å². The highest BCUT2D eigenvalue weighted by Gasteiger charge is 2.45. The number of rotatable bonds is 4. The molecule has 0 aromatic heterocycles. The summed E-state index contributed by atoms with van der Waals surface area (Å²) in [7, 11) is 1.54. The Balaban J connectivity index is 1.36. The highest BCUT2D eigenvalue weighted by Crippen LogP contribution is 2.44. The first-order valence-electron chi connectivity index (χ1n) is 10.7. The normalized spacial score (nSPS) is 16.9. The number of anilines is 2. The van der Waals surface area contributed by atoms with E-state index in [0.717, 1.165) is 42.0 Å². The first kappa shape index (κ1) is 24.1. The molecule has 0 unspecified atom stereocenters. The molecular weight excluding hydrogens is 467 g/mol. The van der Waals surface area contributed by atoms with Crippen LogP contribution in [-0.4, -0.2) is 43.0 Å². The topological polar surface area (TPSA) is 97.0 Å². The van der Waals surface area contributed by atoms with Crippen molar-refractivity contribution in [3.63, 3.8) is 0 Å². The third-order valence-electron chi connectivity index (χ3n) is 5.98. The maximum atomic E-state index is 12.6. The van der Waals surface area contributed by atoms with Crippen molar-refractivity contribution < 1.29 is 37.0 Å². The summed E-state index contributed by atoms with van der Waals surface area (Å²) in [5, 5.41) is 5.08. The summed E-state index contributed by atoms with van der Waals surface area (Å²) < 4.78 is 48.9. The van der Waals surface area contributed by atoms with E-state index in [4.69, 9.17) is 9.47 Å². The highest BCUT2D eigenvalue weighted by molar-refractivity contribution is 6.03. The number of ether oxygens (including phenoxy) is 2. The number of piperidine rings is 1. The Morgan fingerprint density at radius 3 is 2.43 bits per heavy atom. The molecule has 2 aliphatic rings. The average molecular weight is 489 g/mol. The molecule has 11 heteroatoms. The van der Waals surface area contributed by atoms with E-state index >= 15 is 0 Å². The molecule has 0 radical (unpaired) electrons. The molecule has 0 bridgehead atoms. The Hall–Kier alpha value is -4.02. The number of carbonyl (C=O) groups is 3. The molecule has 2 aromatic rings. The molecule has 1 spiro atoms. The zero-order valence-electron chi connectivity index (χ0n) is 18.6. The second-order valence-corrected chi connectivity index (χ2v) is 8.14. The number of hydrogen-bond donors (Lipinski definition) is 2. The average Bonchev–Trinajstić information content (AvgIpc) is 2.82. The van der Waals surface area contributed by atoms with Crippen LogP contribution in [0.15, 0.2) is 54.6 Å². The number of carbonyl (C=O) groups excluding carboxylic acids is 3. The van der Waals surface area contributed by atoms with Crippen LogP contribution in [0.3, 0.4) is 0 Å². The van der Waals surface area contributed by atoms with Gasteiger partial charge in [-0.3, -0.25) is 14.9 Å². The van der Waals surface area contributed by atoms with E-state index < -0.39 is 35.2 Å². The Morgan fingerprint density at radius 1 is 1.11 bits per heavy atom. The van der Waals surface area contributed by atoms with E-state index in [1.54, 1.807) is 18.2 Å². The number of amides is 3. The second-order valence-electron chi connectivity index (χ2n) is 8.14. The number of halogens is 3. The summed E-state index contributed by atoms with van der Waals surface area (Å²) in [6, 6.07) is 9.26. The molecule has 2 heterocycles. The fraction of sp³-hybridized carbons (Fsp3) is 0.292. The molecule has 1 saturated heterocycles. The van der Waals surface area contributed by atoms with Gasteiger partial charge in [0.2, 0.25) is 11.8 Å². The second kappa shape index (κ2) is 9.32. The lowest BCUT2D eigenvalue weighted by Crippen LogP contribution is -2.49. The predicted octanol–water partition coefficient (Wildman–Crippen LogP) is 4.29. The van der Waals surface area contributed by atoms with Gasteiger partial charge >= 0.3 is 12.3 Å². The predicted molar refractivity (Wildman–Crippen MR) is 120 cm³/mol. The largest absolute Gasteiger partial charge is 0.497 e. The van der Waals surface area contributed by atoms with Gasteiger partial charge in [0.25, 0.3) is 0 Å². The van der Waals surface area contributed by atoms with Gasteiger partial charge in [-0.15, -0.1) is 0 Å². The van der Waals surface area contributed by atoms with Crippen LogP contribution in [0.2, 0.25) is 0 Å². The molecule has 35 heavy (non-hydrogen) atoms. The third-order valence-corrected chi connectivity index (χ3v) is 5.98. The standard InChI is InChI=1S/C24H22F3N3O5/c1-34-17-6-7-19-18(14-17)23(35-22(33)29-19)10-12-30(13-11-23)21(32)9-8-20(31)28-16-4-2-15(3-5-16)24(25,26)27/h2-9,14H,10-13H2,1H3,(H,28,31)(H,29,33)/b9-8+. The van der Waals surface area contributed by atoms with Gasteiger partial charge in [0.15, 0.2) is 0 Å². The molecule has 3 amide bonds. The Kier molecular flexibility index (Phi) is 6.42. The van der Waals surface area contributed by atoms with Crippen molar-refractivity contribution in [1.82, 2.24) is 4.90 Å². The van der Waals surface area contributed by atoms with Gasteiger partial charge in [0.1, 0.15) is 11.4 Å². The highest BCUT2D eigenvalue weighted by atomic mass is 19.4. The van der Waals surface area contributed by atoms with E-state index in [1.807, 2.05) is 0 Å². The van der Waals surface area contributed by atoms with E-state index in [-0.39, 0.29) is 18.8 Å². The van der Waals surface area contributed by atoms with Crippen LogP contribution >= 0.6 is 0 Å². The summed E-state index contributed by atoms with van der Waals surface area (Å²) >= 11 is 0. The summed E-state index contributed by atoms with van der Waals surface area (Å²) in [4.78, 5) is 38.3. The van der Waals surface area contributed by atoms with E-state index in [1.165, 1.54) is 12.0 Å². The van der Waals surface area contributed by atoms with Crippen molar-refractivity contribution in [2.45, 2.75) is 24.6 Å². The Bertz CT molecular complexity index is 1170. The van der Waals surface area contributed by atoms with Crippen LogP contribution in [0.5, 0.6) is 5.75 Å². The SMILES string of the molecule is COc1ccc2c(c1)C1(CCN(C(=O)/C=C/C(=O)Nc3ccc(C(F)(F)F)cc3)CC1)OC(=O)N2. The van der Waals surface area contributed by atoms with Gasteiger partial charge in [-0.05, 0) is 42.5 Å². The summed E-state index contributed by atoms with van der Waals surface area (Å²) in [5.41, 5.74) is -0.157. The molecule has 4 rings (SSSR count). The molecule has 0 atom stereocenters. The monoisotopic (exact) mass is 489 g/mol. The summed E-state index contributed by atoms with van der Waals surface area (Å²) in [5.74, 6) is -0.447. The number of likely N-dealkylation sites (tertiary alicyclic amines) is 1. The van der Waals surface area contributed by atoms with Crippen LogP contribution < -0.4 is 15.4 Å². The van der Waals surface area contributed by atoms with Crippen molar-refractivity contribution in [2.75, 3.05) is 30.8 Å². The fourth-order valence-corrected chi connectivity index (χ4v) is 4.14. The lowest BCUT2D eigenvalue weighted by atomic mass is 9.82. The number of nitrogens with zero attached hydrogens (tertiary/aromatic N) is 1. The zero-order chi connectivity index (χ0) is 25.2.